The van der Waals surface area contributed by atoms with E-state index in [9.17, 15) is 28.8 Å². The number of allylic oxidation sites excluding steroid dienone is 4. The minimum atomic E-state index is -1.09. The van der Waals surface area contributed by atoms with E-state index in [2.05, 4.69) is 13.2 Å². The standard InChI is InChI=1S/C35H40O10/c1-16-14-22-28(18(3)32(40)42-22)30(34(5)20(16)10-12-24(34)36)44-26(38)8-7-9-27(39)45-31-29-19(4)33(41)43-23(29)15-17(2)21-11-13-25(37)35(21,31)6/h10-13,16-17,20-23,28-31H,3-4,7-9,14-15H2,1-2,5-6H3/t16-,17+,20-,21-,22-,23-,28+,29+,30+,31+,34+,35+/m1/s1. The lowest BCUT2D eigenvalue weighted by molar-refractivity contribution is -0.165. The van der Waals surface area contributed by atoms with Gasteiger partial charge in [-0.1, -0.05) is 39.2 Å². The Kier molecular flexibility index (Phi) is 7.56. The van der Waals surface area contributed by atoms with Gasteiger partial charge in [-0.05, 0) is 68.9 Å². The van der Waals surface area contributed by atoms with E-state index in [0.717, 1.165) is 0 Å². The van der Waals surface area contributed by atoms with Gasteiger partial charge in [-0.15, -0.1) is 0 Å². The summed E-state index contributed by atoms with van der Waals surface area (Å²) >= 11 is 0. The molecule has 4 aliphatic carbocycles. The zero-order chi connectivity index (χ0) is 32.6. The average Bonchev–Trinajstić information content (AvgIpc) is 3.60. The summed E-state index contributed by atoms with van der Waals surface area (Å²) in [6, 6.07) is 0. The van der Waals surface area contributed by atoms with Crippen LogP contribution in [-0.2, 0) is 47.7 Å². The van der Waals surface area contributed by atoms with E-state index < -0.39 is 71.0 Å². The van der Waals surface area contributed by atoms with Gasteiger partial charge in [0, 0.05) is 24.0 Å². The van der Waals surface area contributed by atoms with Gasteiger partial charge in [-0.25, -0.2) is 9.59 Å². The number of esters is 4. The third kappa shape index (κ3) is 4.65. The Morgan fingerprint density at radius 1 is 0.756 bits per heavy atom. The molecule has 12 atom stereocenters. The number of rotatable bonds is 6. The molecule has 6 aliphatic rings. The summed E-state index contributed by atoms with van der Waals surface area (Å²) in [5.41, 5.74) is -1.81. The van der Waals surface area contributed by atoms with Gasteiger partial charge in [0.15, 0.2) is 11.6 Å². The lowest BCUT2D eigenvalue weighted by Gasteiger charge is -2.39. The molecular weight excluding hydrogens is 580 g/mol. The summed E-state index contributed by atoms with van der Waals surface area (Å²) in [6.45, 7) is 15.3. The quantitative estimate of drug-likeness (QED) is 0.245. The number of ketones is 2. The Labute approximate surface area is 262 Å². The number of hydrogen-bond donors (Lipinski definition) is 0. The molecule has 0 aromatic heterocycles. The van der Waals surface area contributed by atoms with E-state index in [1.165, 1.54) is 12.2 Å². The van der Waals surface area contributed by atoms with Crippen molar-refractivity contribution >= 4 is 35.4 Å². The van der Waals surface area contributed by atoms with Crippen molar-refractivity contribution in [2.45, 2.75) is 84.2 Å². The highest BCUT2D eigenvalue weighted by atomic mass is 16.6. The van der Waals surface area contributed by atoms with Crippen molar-refractivity contribution in [1.29, 1.82) is 0 Å². The highest BCUT2D eigenvalue weighted by molar-refractivity contribution is 6.00. The number of carbonyl (C=O) groups is 6. The van der Waals surface area contributed by atoms with Gasteiger partial charge in [0.2, 0.25) is 0 Å². The number of ether oxygens (including phenoxy) is 4. The molecule has 10 nitrogen and oxygen atoms in total. The van der Waals surface area contributed by atoms with Gasteiger partial charge in [-0.2, -0.15) is 0 Å². The van der Waals surface area contributed by atoms with E-state index in [-0.39, 0.29) is 65.6 Å². The van der Waals surface area contributed by atoms with Crippen molar-refractivity contribution in [3.63, 3.8) is 0 Å². The van der Waals surface area contributed by atoms with E-state index in [1.807, 2.05) is 26.0 Å². The van der Waals surface area contributed by atoms with Gasteiger partial charge < -0.3 is 18.9 Å². The van der Waals surface area contributed by atoms with E-state index >= 15 is 0 Å². The van der Waals surface area contributed by atoms with Crippen molar-refractivity contribution in [3.05, 3.63) is 48.6 Å². The molecule has 2 heterocycles. The number of carbonyl (C=O) groups excluding carboxylic acids is 6. The predicted octanol–water partition coefficient (Wildman–Crippen LogP) is 3.78. The van der Waals surface area contributed by atoms with Crippen LogP contribution in [0.1, 0.15) is 59.8 Å². The zero-order valence-corrected chi connectivity index (χ0v) is 26.1. The molecule has 2 saturated heterocycles. The maximum absolute atomic E-state index is 13.3. The normalized spacial score (nSPS) is 43.1. The highest BCUT2D eigenvalue weighted by Gasteiger charge is 2.63. The number of fused-ring (bicyclic) bond motifs is 4. The van der Waals surface area contributed by atoms with Crippen molar-refractivity contribution in [2.75, 3.05) is 0 Å². The second-order valence-electron chi connectivity index (χ2n) is 14.2. The summed E-state index contributed by atoms with van der Waals surface area (Å²) in [7, 11) is 0. The van der Waals surface area contributed by atoms with Crippen LogP contribution in [0.3, 0.4) is 0 Å². The van der Waals surface area contributed by atoms with Crippen LogP contribution in [0, 0.1) is 46.3 Å². The fraction of sp³-hybridized carbons (Fsp3) is 0.600. The Hall–Kier alpha value is -3.82. The lowest BCUT2D eigenvalue weighted by Crippen LogP contribution is -2.49. The maximum atomic E-state index is 13.3. The van der Waals surface area contributed by atoms with Crippen molar-refractivity contribution < 1.29 is 47.7 Å². The molecule has 0 amide bonds. The lowest BCUT2D eigenvalue weighted by atomic mass is 9.67. The topological polar surface area (TPSA) is 139 Å². The maximum Gasteiger partial charge on any atom is 0.334 e. The van der Waals surface area contributed by atoms with Gasteiger partial charge in [-0.3, -0.25) is 19.2 Å². The average molecular weight is 621 g/mol. The van der Waals surface area contributed by atoms with E-state index in [1.54, 1.807) is 13.8 Å². The molecule has 0 aromatic carbocycles. The largest absolute Gasteiger partial charge is 0.460 e. The van der Waals surface area contributed by atoms with Gasteiger partial charge in [0.25, 0.3) is 0 Å². The zero-order valence-electron chi connectivity index (χ0n) is 26.1. The van der Waals surface area contributed by atoms with E-state index in [0.29, 0.717) is 12.8 Å². The van der Waals surface area contributed by atoms with Crippen LogP contribution in [0.5, 0.6) is 0 Å². The molecular formula is C35H40O10. The molecule has 0 spiro atoms. The Balaban J connectivity index is 1.15. The first-order valence-electron chi connectivity index (χ1n) is 15.8. The first-order chi connectivity index (χ1) is 21.2. The molecule has 2 saturated carbocycles. The molecule has 0 unspecified atom stereocenters. The van der Waals surface area contributed by atoms with Gasteiger partial charge >= 0.3 is 23.9 Å². The first kappa shape index (κ1) is 31.2. The van der Waals surface area contributed by atoms with Gasteiger partial charge in [0.05, 0.1) is 22.7 Å². The first-order valence-corrected chi connectivity index (χ1v) is 15.8. The molecule has 0 N–H and O–H groups in total. The summed E-state index contributed by atoms with van der Waals surface area (Å²) in [6.07, 6.45) is 4.50. The minimum Gasteiger partial charge on any atom is -0.460 e. The molecule has 240 valence electrons. The molecule has 0 bridgehead atoms. The fourth-order valence-corrected chi connectivity index (χ4v) is 9.07. The van der Waals surface area contributed by atoms with E-state index in [4.69, 9.17) is 18.9 Å². The molecule has 45 heavy (non-hydrogen) atoms. The third-order valence-corrected chi connectivity index (χ3v) is 11.6. The Bertz CT molecular complexity index is 1360. The molecule has 4 fully saturated rings. The fourth-order valence-electron chi connectivity index (χ4n) is 9.07. The number of hydrogen-bond acceptors (Lipinski definition) is 10. The second kappa shape index (κ2) is 10.9. The summed E-state index contributed by atoms with van der Waals surface area (Å²) in [4.78, 5) is 77.9. The second-order valence-corrected chi connectivity index (χ2v) is 14.2. The van der Waals surface area contributed by atoms with Gasteiger partial charge in [0.1, 0.15) is 24.4 Å². The van der Waals surface area contributed by atoms with Crippen LogP contribution in [0.4, 0.5) is 0 Å². The minimum absolute atomic E-state index is 0.00556. The molecule has 10 heteroatoms. The summed E-state index contributed by atoms with van der Waals surface area (Å²) in [5, 5.41) is 0. The molecule has 2 aliphatic heterocycles. The van der Waals surface area contributed by atoms with Crippen molar-refractivity contribution in [2.24, 2.45) is 46.3 Å². The molecule has 0 aromatic rings. The van der Waals surface area contributed by atoms with Crippen LogP contribution in [-0.4, -0.2) is 59.9 Å². The third-order valence-electron chi connectivity index (χ3n) is 11.6. The Morgan fingerprint density at radius 2 is 1.13 bits per heavy atom. The summed E-state index contributed by atoms with van der Waals surface area (Å²) in [5.74, 6) is -4.46. The van der Waals surface area contributed by atoms with Crippen LogP contribution >= 0.6 is 0 Å². The van der Waals surface area contributed by atoms with Crippen molar-refractivity contribution in [3.8, 4) is 0 Å². The van der Waals surface area contributed by atoms with Crippen LogP contribution in [0.15, 0.2) is 48.6 Å². The molecule has 0 radical (unpaired) electrons. The van der Waals surface area contributed by atoms with Crippen LogP contribution in [0.2, 0.25) is 0 Å². The predicted molar refractivity (Wildman–Crippen MR) is 158 cm³/mol. The Morgan fingerprint density at radius 3 is 1.51 bits per heavy atom. The SMILES string of the molecule is C=C1C(=O)O[C@@H]2C[C@@H](C)[C@H]3C=CC(=O)[C@@]3(C)[C@@H](OC(=O)CCCC(=O)O[C@H]3[C@H]4C(=C)C(=O)O[C@@H]4C[C@H](C)[C@H]4C=CC(=O)[C@]43C)[C@@H]12. The highest BCUT2D eigenvalue weighted by Crippen LogP contribution is 2.56. The molecule has 6 rings (SSSR count). The van der Waals surface area contributed by atoms with Crippen LogP contribution < -0.4 is 0 Å². The summed E-state index contributed by atoms with van der Waals surface area (Å²) < 4.78 is 23.2. The van der Waals surface area contributed by atoms with Crippen LogP contribution in [0.25, 0.3) is 0 Å². The monoisotopic (exact) mass is 620 g/mol. The smallest absolute Gasteiger partial charge is 0.334 e. The van der Waals surface area contributed by atoms with Crippen molar-refractivity contribution in [1.82, 2.24) is 0 Å².